The number of aliphatic hydroxyl groups excluding tert-OH is 4. The molecule has 0 radical (unpaired) electrons. The molecule has 0 spiro atoms. The Kier molecular flexibility index (Phi) is 18.0. The quantitative estimate of drug-likeness (QED) is 0.0837. The molecule has 2 aromatic carbocycles. The van der Waals surface area contributed by atoms with Crippen molar-refractivity contribution in [1.29, 1.82) is 0 Å². The number of ether oxygens (including phenoxy) is 4. The molecule has 0 saturated carbocycles. The van der Waals surface area contributed by atoms with Crippen LogP contribution >= 0.6 is 35.6 Å². The number of fused-ring (bicyclic) bond motifs is 3. The van der Waals surface area contributed by atoms with Gasteiger partial charge >= 0.3 is 0 Å². The molecule has 0 bridgehead atoms. The SMILES string of the molecule is C.C.CNc1ncnc2c1ccn2[C@@H]1O[C@H]([C@H](O)c2ccc(Cl)c(F)c2)[C@@H](O)[C@H]1O.CNc1ncnc2c1ccn2[C@@H]1O[C@H]([C@H](O)c2ccc(Cl)c(F)c2)[C@H]2OC(C)(C)O[C@H]21.CON.Cl. The summed E-state index contributed by atoms with van der Waals surface area (Å²) in [5, 5.41) is 50.0. The summed E-state index contributed by atoms with van der Waals surface area (Å²) in [5.41, 5.74) is 1.67. The molecular weight excluding hydrogens is 919 g/mol. The smallest absolute Gasteiger partial charge is 0.164 e. The van der Waals surface area contributed by atoms with Crippen LogP contribution in [0.25, 0.3) is 22.1 Å². The van der Waals surface area contributed by atoms with Crippen LogP contribution in [0.2, 0.25) is 10.0 Å². The van der Waals surface area contributed by atoms with Crippen LogP contribution in [-0.2, 0) is 23.8 Å². The molecular formula is C42H54Cl3F2N9O9. The van der Waals surface area contributed by atoms with E-state index in [2.05, 4.69) is 41.3 Å². The van der Waals surface area contributed by atoms with Gasteiger partial charge in [0.15, 0.2) is 18.2 Å². The Morgan fingerprint density at radius 2 is 1.15 bits per heavy atom. The second-order valence-electron chi connectivity index (χ2n) is 14.9. The van der Waals surface area contributed by atoms with E-state index >= 15 is 0 Å². The first kappa shape index (κ1) is 53.2. The van der Waals surface area contributed by atoms with Crippen LogP contribution in [0.4, 0.5) is 20.4 Å². The van der Waals surface area contributed by atoms with Gasteiger partial charge in [-0.05, 0) is 61.4 Å². The van der Waals surface area contributed by atoms with Gasteiger partial charge in [0.25, 0.3) is 0 Å². The van der Waals surface area contributed by atoms with Gasteiger partial charge in [-0.1, -0.05) is 50.2 Å². The molecule has 3 fully saturated rings. The van der Waals surface area contributed by atoms with E-state index in [0.717, 1.165) is 11.5 Å². The van der Waals surface area contributed by atoms with Gasteiger partial charge < -0.3 is 64.0 Å². The molecule has 18 nitrogen and oxygen atoms in total. The van der Waals surface area contributed by atoms with Crippen molar-refractivity contribution >= 4 is 69.3 Å². The second kappa shape index (κ2) is 21.9. The predicted molar refractivity (Wildman–Crippen MR) is 242 cm³/mol. The Labute approximate surface area is 389 Å². The van der Waals surface area contributed by atoms with E-state index in [4.69, 9.17) is 42.1 Å². The molecule has 10 atom stereocenters. The molecule has 3 saturated heterocycles. The van der Waals surface area contributed by atoms with E-state index in [9.17, 15) is 29.2 Å². The number of halogens is 5. The number of aromatic nitrogens is 6. The standard InChI is InChI=1S/C21H22ClFN4O4.C18H18ClFN4O4.CH5NO.2CH4.ClH/c1-21(2)30-16-15(14(28)10-4-5-12(22)13(23)8-10)29-20(17(16)31-21)27-7-6-11-18(24-3)25-9-26-19(11)27;1-21-16-9-4-5-24(17(9)23-7-22-16)18-14(27)13(26)15(28-18)12(25)8-2-3-10(19)11(20)6-8;1-3-2;;;/h4-9,14-17,20,28H,1-3H3,(H,24,25,26);2-7,12-15,18,25-27H,1H3,(H,21,22,23);2H2,1H3;2*1H4;1H/t14-,15-,16-,17-,20-;12-,13+,14-,15-,18-;;;;/m11..../s1. The van der Waals surface area contributed by atoms with Crippen molar-refractivity contribution in [3.8, 4) is 0 Å². The van der Waals surface area contributed by atoms with Gasteiger partial charge in [-0.15, -0.1) is 12.4 Å². The molecule has 23 heteroatoms. The van der Waals surface area contributed by atoms with Crippen molar-refractivity contribution in [1.82, 2.24) is 29.1 Å². The summed E-state index contributed by atoms with van der Waals surface area (Å²) in [6, 6.07) is 11.6. The van der Waals surface area contributed by atoms with E-state index < -0.39 is 78.7 Å². The first-order valence-corrected chi connectivity index (χ1v) is 19.9. The third-order valence-electron chi connectivity index (χ3n) is 10.6. The second-order valence-corrected chi connectivity index (χ2v) is 15.7. The summed E-state index contributed by atoms with van der Waals surface area (Å²) in [5.74, 6) is 3.46. The zero-order valence-electron chi connectivity index (χ0n) is 34.2. The number of nitrogens with one attached hydrogen (secondary N) is 2. The van der Waals surface area contributed by atoms with Crippen LogP contribution in [0.5, 0.6) is 0 Å². The Hall–Kier alpha value is -4.39. The highest BCUT2D eigenvalue weighted by Gasteiger charge is 2.58. The summed E-state index contributed by atoms with van der Waals surface area (Å²) in [7, 11) is 4.91. The molecule has 6 aromatic rings. The van der Waals surface area contributed by atoms with Crippen molar-refractivity contribution in [3.05, 3.63) is 106 Å². The zero-order chi connectivity index (χ0) is 44.6. The van der Waals surface area contributed by atoms with Gasteiger partial charge in [-0.2, -0.15) is 0 Å². The molecule has 0 aliphatic carbocycles. The summed E-state index contributed by atoms with van der Waals surface area (Å²) in [6.45, 7) is 3.62. The highest BCUT2D eigenvalue weighted by Crippen LogP contribution is 2.47. The first-order chi connectivity index (χ1) is 29.6. The van der Waals surface area contributed by atoms with E-state index in [0.29, 0.717) is 33.9 Å². The molecule has 3 aliphatic rings. The number of nitrogens with zero attached hydrogens (tertiary/aromatic N) is 6. The average molecular weight is 973 g/mol. The Bertz CT molecular complexity index is 2520. The van der Waals surface area contributed by atoms with Gasteiger partial charge in [0.05, 0.1) is 27.9 Å². The number of hydrogen-bond donors (Lipinski definition) is 7. The van der Waals surface area contributed by atoms with E-state index in [1.807, 2.05) is 30.7 Å². The lowest BCUT2D eigenvalue weighted by Gasteiger charge is -2.27. The minimum absolute atomic E-state index is 0. The first-order valence-electron chi connectivity index (χ1n) is 19.1. The molecule has 356 valence electrons. The number of benzene rings is 2. The molecule has 9 rings (SSSR count). The van der Waals surface area contributed by atoms with E-state index in [-0.39, 0.29) is 42.9 Å². The third-order valence-corrected chi connectivity index (χ3v) is 11.2. The van der Waals surface area contributed by atoms with E-state index in [1.54, 1.807) is 37.0 Å². The van der Waals surface area contributed by atoms with Crippen LogP contribution in [0.3, 0.4) is 0 Å². The highest BCUT2D eigenvalue weighted by molar-refractivity contribution is 6.31. The Balaban J connectivity index is 0.000000258. The number of hydrogen-bond acceptors (Lipinski definition) is 16. The van der Waals surface area contributed by atoms with Crippen LogP contribution < -0.4 is 16.5 Å². The minimum atomic E-state index is -1.40. The van der Waals surface area contributed by atoms with Gasteiger partial charge in [0.2, 0.25) is 0 Å². The summed E-state index contributed by atoms with van der Waals surface area (Å²) in [6.07, 6.45) is -3.58. The fourth-order valence-electron chi connectivity index (χ4n) is 7.79. The summed E-state index contributed by atoms with van der Waals surface area (Å²) >= 11 is 11.5. The predicted octanol–water partition coefficient (Wildman–Crippen LogP) is 6.24. The highest BCUT2D eigenvalue weighted by atomic mass is 35.5. The van der Waals surface area contributed by atoms with Crippen molar-refractivity contribution in [3.63, 3.8) is 0 Å². The monoisotopic (exact) mass is 971 g/mol. The van der Waals surface area contributed by atoms with Gasteiger partial charge in [0.1, 0.15) is 96.1 Å². The lowest BCUT2D eigenvalue weighted by atomic mass is 9.99. The number of nitrogens with two attached hydrogens (primary N) is 1. The maximum Gasteiger partial charge on any atom is 0.164 e. The molecule has 7 heterocycles. The molecule has 3 aliphatic heterocycles. The Morgan fingerprint density at radius 1 is 0.723 bits per heavy atom. The fourth-order valence-corrected chi connectivity index (χ4v) is 8.02. The molecule has 0 amide bonds. The number of rotatable bonds is 8. The van der Waals surface area contributed by atoms with Crippen molar-refractivity contribution in [2.75, 3.05) is 31.8 Å². The number of anilines is 2. The third kappa shape index (κ3) is 10.4. The van der Waals surface area contributed by atoms with Gasteiger partial charge in [-0.25, -0.2) is 34.6 Å². The van der Waals surface area contributed by atoms with Crippen molar-refractivity contribution in [2.24, 2.45) is 5.90 Å². The lowest BCUT2D eigenvalue weighted by Crippen LogP contribution is -2.34. The maximum absolute atomic E-state index is 14.0. The molecule has 65 heavy (non-hydrogen) atoms. The lowest BCUT2D eigenvalue weighted by molar-refractivity contribution is -0.207. The van der Waals surface area contributed by atoms with Crippen LogP contribution in [-0.4, -0.2) is 113 Å². The number of aliphatic hydroxyl groups is 4. The van der Waals surface area contributed by atoms with Gasteiger partial charge in [-0.3, -0.25) is 0 Å². The Morgan fingerprint density at radius 3 is 1.62 bits per heavy atom. The van der Waals surface area contributed by atoms with Gasteiger partial charge in [0, 0.05) is 26.5 Å². The molecule has 8 N–H and O–H groups in total. The molecule has 0 unspecified atom stereocenters. The maximum atomic E-state index is 14.0. The zero-order valence-corrected chi connectivity index (χ0v) is 36.5. The van der Waals surface area contributed by atoms with E-state index in [1.165, 1.54) is 44.0 Å². The van der Waals surface area contributed by atoms with Crippen LogP contribution in [0, 0.1) is 11.6 Å². The van der Waals surface area contributed by atoms with Crippen molar-refractivity contribution in [2.45, 2.75) is 95.8 Å². The summed E-state index contributed by atoms with van der Waals surface area (Å²) in [4.78, 5) is 20.7. The topological polar surface area (TPSA) is 239 Å². The minimum Gasteiger partial charge on any atom is -0.387 e. The summed E-state index contributed by atoms with van der Waals surface area (Å²) < 4.78 is 55.4. The fraction of sp³-hybridized carbons (Fsp3) is 0.429. The normalized spacial score (nSPS) is 24.8. The van der Waals surface area contributed by atoms with Crippen molar-refractivity contribution < 1.29 is 53.0 Å². The molecule has 4 aromatic heterocycles. The average Bonchev–Trinajstić information content (AvgIpc) is 4.08. The van der Waals surface area contributed by atoms with Crippen LogP contribution in [0.15, 0.2) is 73.6 Å². The van der Waals surface area contributed by atoms with Crippen LogP contribution in [0.1, 0.15) is 64.5 Å². The largest absolute Gasteiger partial charge is 0.387 e.